The molecular weight excluding hydrogens is 331 g/mol. The zero-order chi connectivity index (χ0) is 17.7. The van der Waals surface area contributed by atoms with Crippen LogP contribution in [-0.4, -0.2) is 32.7 Å². The molecule has 126 valence electrons. The molecule has 0 atom stereocenters. The summed E-state index contributed by atoms with van der Waals surface area (Å²) in [6.07, 6.45) is 2.87. The summed E-state index contributed by atoms with van der Waals surface area (Å²) < 4.78 is 37.8. The van der Waals surface area contributed by atoms with Crippen molar-refractivity contribution in [1.29, 1.82) is 0 Å². The number of hydrogen-bond acceptors (Lipinski definition) is 3. The first-order chi connectivity index (χ1) is 11.3. The van der Waals surface area contributed by atoms with E-state index in [-0.39, 0.29) is 16.6 Å². The third kappa shape index (κ3) is 4.50. The van der Waals surface area contributed by atoms with Gasteiger partial charge in [0.2, 0.25) is 15.9 Å². The molecule has 0 heterocycles. The fraction of sp³-hybridized carbons (Fsp3) is 0.118. The molecule has 0 aliphatic heterocycles. The number of carbonyl (C=O) groups is 1. The Bertz CT molecular complexity index is 842. The second-order valence-corrected chi connectivity index (χ2v) is 7.34. The fourth-order valence-electron chi connectivity index (χ4n) is 1.85. The number of anilines is 1. The summed E-state index contributed by atoms with van der Waals surface area (Å²) in [4.78, 5) is 12.0. The predicted octanol–water partition coefficient (Wildman–Crippen LogP) is 2.73. The molecular formula is C17H17FN2O3S. The van der Waals surface area contributed by atoms with Gasteiger partial charge in [-0.1, -0.05) is 12.1 Å². The van der Waals surface area contributed by atoms with E-state index in [1.54, 1.807) is 18.2 Å². The Morgan fingerprint density at radius 3 is 2.17 bits per heavy atom. The highest BCUT2D eigenvalue weighted by Crippen LogP contribution is 2.16. The Morgan fingerprint density at radius 1 is 1.04 bits per heavy atom. The molecule has 2 rings (SSSR count). The van der Waals surface area contributed by atoms with Gasteiger partial charge in [-0.3, -0.25) is 4.79 Å². The van der Waals surface area contributed by atoms with Crippen LogP contribution in [0.2, 0.25) is 0 Å². The van der Waals surface area contributed by atoms with Crippen molar-refractivity contribution in [3.63, 3.8) is 0 Å². The van der Waals surface area contributed by atoms with Crippen LogP contribution in [0.5, 0.6) is 0 Å². The Labute approximate surface area is 140 Å². The molecule has 0 saturated heterocycles. The molecule has 0 aliphatic rings. The van der Waals surface area contributed by atoms with E-state index in [9.17, 15) is 17.6 Å². The molecule has 0 spiro atoms. The molecule has 1 N–H and O–H groups in total. The van der Waals surface area contributed by atoms with Gasteiger partial charge in [-0.25, -0.2) is 17.1 Å². The van der Waals surface area contributed by atoms with Crippen molar-refractivity contribution in [1.82, 2.24) is 4.31 Å². The molecule has 2 aromatic rings. The lowest BCUT2D eigenvalue weighted by Gasteiger charge is -2.11. The van der Waals surface area contributed by atoms with Gasteiger partial charge in [0.15, 0.2) is 0 Å². The van der Waals surface area contributed by atoms with Gasteiger partial charge in [0.1, 0.15) is 5.82 Å². The number of nitrogens with one attached hydrogen (secondary N) is 1. The highest BCUT2D eigenvalue weighted by Gasteiger charge is 2.16. The number of hydrogen-bond donors (Lipinski definition) is 1. The van der Waals surface area contributed by atoms with E-state index in [4.69, 9.17) is 0 Å². The summed E-state index contributed by atoms with van der Waals surface area (Å²) in [6.45, 7) is 0. The number of rotatable bonds is 5. The second-order valence-electron chi connectivity index (χ2n) is 5.19. The number of amides is 1. The van der Waals surface area contributed by atoms with Crippen LogP contribution in [0, 0.1) is 5.82 Å². The van der Waals surface area contributed by atoms with Gasteiger partial charge in [-0.05, 0) is 48.0 Å². The SMILES string of the molecule is CN(C)S(=O)(=O)c1ccc(NC(=O)C=Cc2ccc(F)cc2)cc1. The Hall–Kier alpha value is -2.51. The molecule has 2 aromatic carbocycles. The summed E-state index contributed by atoms with van der Waals surface area (Å²) in [5.41, 5.74) is 1.17. The lowest BCUT2D eigenvalue weighted by atomic mass is 10.2. The van der Waals surface area contributed by atoms with Crippen LogP contribution in [0.1, 0.15) is 5.56 Å². The molecule has 0 fully saturated rings. The van der Waals surface area contributed by atoms with Gasteiger partial charge in [0, 0.05) is 25.9 Å². The number of nitrogens with zero attached hydrogens (tertiary/aromatic N) is 1. The largest absolute Gasteiger partial charge is 0.323 e. The summed E-state index contributed by atoms with van der Waals surface area (Å²) >= 11 is 0. The van der Waals surface area contributed by atoms with Gasteiger partial charge in [-0.15, -0.1) is 0 Å². The summed E-state index contributed by atoms with van der Waals surface area (Å²) in [7, 11) is -0.597. The molecule has 24 heavy (non-hydrogen) atoms. The van der Waals surface area contributed by atoms with E-state index in [1.807, 2.05) is 0 Å². The zero-order valence-corrected chi connectivity index (χ0v) is 14.0. The van der Waals surface area contributed by atoms with Crippen molar-refractivity contribution in [2.45, 2.75) is 4.90 Å². The monoisotopic (exact) mass is 348 g/mol. The van der Waals surface area contributed by atoms with Crippen LogP contribution in [0.25, 0.3) is 6.08 Å². The predicted molar refractivity (Wildman–Crippen MR) is 91.4 cm³/mol. The maximum Gasteiger partial charge on any atom is 0.248 e. The average Bonchev–Trinajstić information content (AvgIpc) is 2.54. The fourth-order valence-corrected chi connectivity index (χ4v) is 2.75. The van der Waals surface area contributed by atoms with Crippen LogP contribution < -0.4 is 5.32 Å². The van der Waals surface area contributed by atoms with Gasteiger partial charge < -0.3 is 5.32 Å². The first-order valence-electron chi connectivity index (χ1n) is 7.06. The number of sulfonamides is 1. The van der Waals surface area contributed by atoms with Gasteiger partial charge in [0.25, 0.3) is 0 Å². The smallest absolute Gasteiger partial charge is 0.248 e. The first kappa shape index (κ1) is 17.8. The number of halogens is 1. The third-order valence-corrected chi connectivity index (χ3v) is 5.03. The van der Waals surface area contributed by atoms with Crippen LogP contribution in [0.4, 0.5) is 10.1 Å². The molecule has 0 aromatic heterocycles. The van der Waals surface area contributed by atoms with E-state index in [2.05, 4.69) is 5.32 Å². The van der Waals surface area contributed by atoms with E-state index in [1.165, 1.54) is 56.6 Å². The molecule has 0 bridgehead atoms. The lowest BCUT2D eigenvalue weighted by molar-refractivity contribution is -0.111. The Kier molecular flexibility index (Phi) is 5.48. The quantitative estimate of drug-likeness (QED) is 0.845. The molecule has 0 saturated carbocycles. The minimum absolute atomic E-state index is 0.146. The van der Waals surface area contributed by atoms with Gasteiger partial charge in [0.05, 0.1) is 4.90 Å². The summed E-state index contributed by atoms with van der Waals surface area (Å²) in [5.74, 6) is -0.716. The Balaban J connectivity index is 2.03. The van der Waals surface area contributed by atoms with E-state index < -0.39 is 10.0 Å². The molecule has 5 nitrogen and oxygen atoms in total. The standard InChI is InChI=1S/C17H17FN2O3S/c1-20(2)24(22,23)16-10-8-15(9-11-16)19-17(21)12-5-13-3-6-14(18)7-4-13/h3-12H,1-2H3,(H,19,21). The van der Waals surface area contributed by atoms with Crippen molar-refractivity contribution >= 4 is 27.7 Å². The average molecular weight is 348 g/mol. The van der Waals surface area contributed by atoms with Crippen LogP contribution >= 0.6 is 0 Å². The minimum atomic E-state index is -3.50. The van der Waals surface area contributed by atoms with Crippen LogP contribution in [-0.2, 0) is 14.8 Å². The van der Waals surface area contributed by atoms with Crippen molar-refractivity contribution in [2.75, 3.05) is 19.4 Å². The maximum atomic E-state index is 12.8. The van der Waals surface area contributed by atoms with Crippen LogP contribution in [0.3, 0.4) is 0 Å². The maximum absolute atomic E-state index is 12.8. The zero-order valence-electron chi connectivity index (χ0n) is 13.2. The molecule has 0 aliphatic carbocycles. The second kappa shape index (κ2) is 7.37. The van der Waals surface area contributed by atoms with Gasteiger partial charge >= 0.3 is 0 Å². The summed E-state index contributed by atoms with van der Waals surface area (Å²) in [6, 6.07) is 11.6. The highest BCUT2D eigenvalue weighted by molar-refractivity contribution is 7.89. The minimum Gasteiger partial charge on any atom is -0.323 e. The van der Waals surface area contributed by atoms with E-state index >= 15 is 0 Å². The number of carbonyl (C=O) groups excluding carboxylic acids is 1. The molecule has 0 unspecified atom stereocenters. The number of benzene rings is 2. The normalized spacial score (nSPS) is 11.8. The Morgan fingerprint density at radius 2 is 1.62 bits per heavy atom. The van der Waals surface area contributed by atoms with E-state index in [0.717, 1.165) is 4.31 Å². The van der Waals surface area contributed by atoms with Gasteiger partial charge in [-0.2, -0.15) is 0 Å². The molecule has 0 radical (unpaired) electrons. The van der Waals surface area contributed by atoms with Crippen molar-refractivity contribution < 1.29 is 17.6 Å². The van der Waals surface area contributed by atoms with Crippen LogP contribution in [0.15, 0.2) is 59.5 Å². The topological polar surface area (TPSA) is 66.5 Å². The highest BCUT2D eigenvalue weighted by atomic mass is 32.2. The third-order valence-electron chi connectivity index (χ3n) is 3.20. The van der Waals surface area contributed by atoms with E-state index in [0.29, 0.717) is 11.3 Å². The molecule has 7 heteroatoms. The summed E-state index contributed by atoms with van der Waals surface area (Å²) in [5, 5.41) is 2.62. The molecule has 1 amide bonds. The first-order valence-corrected chi connectivity index (χ1v) is 8.50. The van der Waals surface area contributed by atoms with Crippen molar-refractivity contribution in [3.05, 3.63) is 66.0 Å². The van der Waals surface area contributed by atoms with Crippen molar-refractivity contribution in [3.8, 4) is 0 Å². The lowest BCUT2D eigenvalue weighted by Crippen LogP contribution is -2.22. The van der Waals surface area contributed by atoms with Crippen molar-refractivity contribution in [2.24, 2.45) is 0 Å².